The zero-order valence-electron chi connectivity index (χ0n) is 10.3. The minimum absolute atomic E-state index is 0.0953. The van der Waals surface area contributed by atoms with E-state index in [4.69, 9.17) is 5.84 Å². The summed E-state index contributed by atoms with van der Waals surface area (Å²) in [4.78, 5) is 9.97. The van der Waals surface area contributed by atoms with Crippen LogP contribution in [0.15, 0.2) is 39.0 Å². The van der Waals surface area contributed by atoms with Gasteiger partial charge in [0.05, 0.1) is 17.4 Å². The highest BCUT2D eigenvalue weighted by atomic mass is 79.9. The second-order valence-corrected chi connectivity index (χ2v) is 6.91. The summed E-state index contributed by atoms with van der Waals surface area (Å²) in [5, 5.41) is 2.01. The van der Waals surface area contributed by atoms with Gasteiger partial charge in [0.25, 0.3) is 0 Å². The number of pyridine rings is 1. The Morgan fingerprint density at radius 3 is 3.00 bits per heavy atom. The van der Waals surface area contributed by atoms with Gasteiger partial charge in [-0.25, -0.2) is 4.98 Å². The molecule has 3 rings (SSSR count). The molecule has 20 heavy (non-hydrogen) atoms. The van der Waals surface area contributed by atoms with Crippen LogP contribution in [-0.4, -0.2) is 14.4 Å². The van der Waals surface area contributed by atoms with Crippen molar-refractivity contribution in [2.45, 2.75) is 12.5 Å². The number of imidazole rings is 1. The number of hydrazine groups is 1. The van der Waals surface area contributed by atoms with E-state index in [1.54, 1.807) is 17.5 Å². The Balaban J connectivity index is 1.88. The van der Waals surface area contributed by atoms with Crippen LogP contribution in [0.25, 0.3) is 4.96 Å². The lowest BCUT2D eigenvalue weighted by Crippen LogP contribution is -2.30. The Bertz CT molecular complexity index is 710. The quantitative estimate of drug-likeness (QED) is 0.506. The number of nitrogens with zero attached hydrogens (tertiary/aromatic N) is 3. The van der Waals surface area contributed by atoms with Crippen molar-refractivity contribution < 1.29 is 0 Å². The summed E-state index contributed by atoms with van der Waals surface area (Å²) in [6.45, 7) is 0. The van der Waals surface area contributed by atoms with Crippen molar-refractivity contribution in [3.63, 3.8) is 0 Å². The van der Waals surface area contributed by atoms with Crippen molar-refractivity contribution in [2.24, 2.45) is 5.84 Å². The molecule has 0 aliphatic rings. The fraction of sp³-hybridized carbons (Fsp3) is 0.167. The molecule has 0 fully saturated rings. The zero-order valence-corrected chi connectivity index (χ0v) is 14.2. The average molecular weight is 417 g/mol. The van der Waals surface area contributed by atoms with Crippen LogP contribution in [0.3, 0.4) is 0 Å². The van der Waals surface area contributed by atoms with Crippen LogP contribution in [0.2, 0.25) is 0 Å². The van der Waals surface area contributed by atoms with E-state index in [0.717, 1.165) is 25.3 Å². The Morgan fingerprint density at radius 2 is 2.30 bits per heavy atom. The summed E-state index contributed by atoms with van der Waals surface area (Å²) in [6.07, 6.45) is 6.45. The summed E-state index contributed by atoms with van der Waals surface area (Å²) in [5.74, 6) is 5.67. The molecule has 3 aromatic heterocycles. The van der Waals surface area contributed by atoms with Crippen molar-refractivity contribution in [1.29, 1.82) is 0 Å². The lowest BCUT2D eigenvalue weighted by molar-refractivity contribution is 0.531. The number of hydrogen-bond donors (Lipinski definition) is 2. The van der Waals surface area contributed by atoms with E-state index in [9.17, 15) is 0 Å². The summed E-state index contributed by atoms with van der Waals surface area (Å²) >= 11 is 8.52. The molecule has 0 aliphatic heterocycles. The van der Waals surface area contributed by atoms with Crippen LogP contribution in [0.5, 0.6) is 0 Å². The fourth-order valence-corrected chi connectivity index (χ4v) is 3.98. The standard InChI is InChI=1S/C12H11Br2N5S/c13-7-3-9(14)11(16-5-7)10(18-15)4-8-6-19-1-2-20-12(19)17-8/h1-3,5-6,10,18H,4,15H2. The maximum Gasteiger partial charge on any atom is 0.193 e. The first-order valence-electron chi connectivity index (χ1n) is 5.85. The molecule has 0 amide bonds. The van der Waals surface area contributed by atoms with E-state index >= 15 is 0 Å². The van der Waals surface area contributed by atoms with E-state index in [2.05, 4.69) is 47.3 Å². The number of nitrogens with two attached hydrogens (primary N) is 1. The molecule has 0 spiro atoms. The molecule has 0 radical (unpaired) electrons. The van der Waals surface area contributed by atoms with E-state index in [1.807, 2.05) is 28.2 Å². The summed E-state index contributed by atoms with van der Waals surface area (Å²) < 4.78 is 3.85. The first-order valence-corrected chi connectivity index (χ1v) is 8.32. The minimum Gasteiger partial charge on any atom is -0.297 e. The van der Waals surface area contributed by atoms with Gasteiger partial charge in [0.2, 0.25) is 0 Å². The predicted octanol–water partition coefficient (Wildman–Crippen LogP) is 3.06. The Hall–Kier alpha value is -0.800. The summed E-state index contributed by atoms with van der Waals surface area (Å²) in [7, 11) is 0. The molecule has 0 aromatic carbocycles. The van der Waals surface area contributed by atoms with Crippen LogP contribution >= 0.6 is 43.2 Å². The highest BCUT2D eigenvalue weighted by molar-refractivity contribution is 9.11. The van der Waals surface area contributed by atoms with Gasteiger partial charge in [-0.3, -0.25) is 20.7 Å². The van der Waals surface area contributed by atoms with Gasteiger partial charge in [-0.2, -0.15) is 0 Å². The third-order valence-electron chi connectivity index (χ3n) is 2.92. The molecule has 8 heteroatoms. The average Bonchev–Trinajstić information content (AvgIpc) is 2.97. The van der Waals surface area contributed by atoms with Gasteiger partial charge in [0.15, 0.2) is 4.96 Å². The van der Waals surface area contributed by atoms with Crippen LogP contribution in [-0.2, 0) is 6.42 Å². The molecule has 1 atom stereocenters. The molecule has 3 heterocycles. The van der Waals surface area contributed by atoms with Gasteiger partial charge < -0.3 is 0 Å². The molecule has 3 aromatic rings. The molecule has 5 nitrogen and oxygen atoms in total. The Labute approximate surface area is 136 Å². The Morgan fingerprint density at radius 1 is 1.45 bits per heavy atom. The maximum atomic E-state index is 5.67. The normalized spacial score (nSPS) is 12.9. The van der Waals surface area contributed by atoms with Gasteiger partial charge in [0, 0.05) is 39.3 Å². The van der Waals surface area contributed by atoms with Crippen LogP contribution < -0.4 is 11.3 Å². The maximum absolute atomic E-state index is 5.67. The third-order valence-corrected chi connectivity index (χ3v) is 4.76. The molecule has 0 saturated carbocycles. The van der Waals surface area contributed by atoms with Crippen molar-refractivity contribution >= 4 is 48.2 Å². The van der Waals surface area contributed by atoms with Crippen molar-refractivity contribution in [3.8, 4) is 0 Å². The van der Waals surface area contributed by atoms with E-state index in [-0.39, 0.29) is 6.04 Å². The molecule has 3 N–H and O–H groups in total. The molecule has 104 valence electrons. The van der Waals surface area contributed by atoms with Gasteiger partial charge >= 0.3 is 0 Å². The number of aromatic nitrogens is 3. The smallest absolute Gasteiger partial charge is 0.193 e. The van der Waals surface area contributed by atoms with E-state index < -0.39 is 0 Å². The van der Waals surface area contributed by atoms with Crippen LogP contribution in [0, 0.1) is 0 Å². The largest absolute Gasteiger partial charge is 0.297 e. The number of fused-ring (bicyclic) bond motifs is 1. The molecule has 0 bridgehead atoms. The van der Waals surface area contributed by atoms with Gasteiger partial charge in [-0.05, 0) is 37.9 Å². The summed E-state index contributed by atoms with van der Waals surface area (Å²) in [6, 6.07) is 1.86. The van der Waals surface area contributed by atoms with Gasteiger partial charge in [-0.1, -0.05) is 0 Å². The number of thiazole rings is 1. The van der Waals surface area contributed by atoms with Crippen molar-refractivity contribution in [1.82, 2.24) is 19.8 Å². The summed E-state index contributed by atoms with van der Waals surface area (Å²) in [5.41, 5.74) is 4.66. The van der Waals surface area contributed by atoms with E-state index in [0.29, 0.717) is 6.42 Å². The lowest BCUT2D eigenvalue weighted by atomic mass is 10.1. The van der Waals surface area contributed by atoms with E-state index in [1.165, 1.54) is 0 Å². The molecule has 0 saturated heterocycles. The third kappa shape index (κ3) is 2.79. The Kier molecular flexibility index (Phi) is 4.18. The number of halogens is 2. The predicted molar refractivity (Wildman–Crippen MR) is 86.5 cm³/mol. The van der Waals surface area contributed by atoms with Crippen molar-refractivity contribution in [3.05, 3.63) is 50.4 Å². The lowest BCUT2D eigenvalue weighted by Gasteiger charge is -2.15. The van der Waals surface area contributed by atoms with Crippen LogP contribution in [0.4, 0.5) is 0 Å². The first kappa shape index (κ1) is 14.2. The van der Waals surface area contributed by atoms with Gasteiger partial charge in [0.1, 0.15) is 0 Å². The second kappa shape index (κ2) is 5.90. The number of hydrogen-bond acceptors (Lipinski definition) is 5. The molecule has 1 unspecified atom stereocenters. The SMILES string of the molecule is NNC(Cc1cn2ccsc2n1)c1ncc(Br)cc1Br. The molecular weight excluding hydrogens is 406 g/mol. The topological polar surface area (TPSA) is 68.2 Å². The van der Waals surface area contributed by atoms with Crippen molar-refractivity contribution in [2.75, 3.05) is 0 Å². The second-order valence-electron chi connectivity index (χ2n) is 4.27. The molecule has 0 aliphatic carbocycles. The number of nitrogens with one attached hydrogen (secondary N) is 1. The fourth-order valence-electron chi connectivity index (χ4n) is 2.00. The monoisotopic (exact) mass is 415 g/mol. The highest BCUT2D eigenvalue weighted by Crippen LogP contribution is 2.26. The highest BCUT2D eigenvalue weighted by Gasteiger charge is 2.17. The minimum atomic E-state index is -0.0953. The number of rotatable bonds is 4. The molecular formula is C12H11Br2N5S. The van der Waals surface area contributed by atoms with Gasteiger partial charge in [-0.15, -0.1) is 11.3 Å². The van der Waals surface area contributed by atoms with Crippen LogP contribution in [0.1, 0.15) is 17.4 Å². The first-order chi connectivity index (χ1) is 9.67. The zero-order chi connectivity index (χ0) is 14.1.